The van der Waals surface area contributed by atoms with Crippen molar-refractivity contribution < 1.29 is 4.79 Å². The number of aromatic nitrogens is 1. The molecule has 3 N–H and O–H groups in total. The van der Waals surface area contributed by atoms with Crippen molar-refractivity contribution >= 4 is 39.2 Å². The summed E-state index contributed by atoms with van der Waals surface area (Å²) in [7, 11) is 0. The lowest BCUT2D eigenvalue weighted by atomic mass is 10.2. The molecule has 2 aromatic rings. The summed E-state index contributed by atoms with van der Waals surface area (Å²) in [6.07, 6.45) is 5.59. The zero-order valence-corrected chi connectivity index (χ0v) is 10.3. The van der Waals surface area contributed by atoms with Gasteiger partial charge in [0.1, 0.15) is 5.82 Å². The largest absolute Gasteiger partial charge is 0.383 e. The van der Waals surface area contributed by atoms with E-state index in [1.54, 1.807) is 17.5 Å². The van der Waals surface area contributed by atoms with Crippen molar-refractivity contribution in [3.8, 4) is 0 Å². The third-order valence-electron chi connectivity index (χ3n) is 2.31. The summed E-state index contributed by atoms with van der Waals surface area (Å²) in [4.78, 5) is 14.8. The quantitative estimate of drug-likeness (QED) is 0.872. The standard InChI is InChI=1S/C12H13N3OS/c1-8(16)14-5-2-3-9-7-15-12(13)10-4-6-17-11(9)10/h2-4,6-7H,5H2,1H3,(H2,13,15)(H,14,16)/b3-2+. The maximum atomic E-state index is 10.7. The SMILES string of the molecule is CC(=O)NC/C=C/c1cnc(N)c2ccsc12. The number of rotatable bonds is 3. The first kappa shape index (κ1) is 11.6. The van der Waals surface area contributed by atoms with Crippen LogP contribution < -0.4 is 11.1 Å². The van der Waals surface area contributed by atoms with Crippen LogP contribution in [0.1, 0.15) is 12.5 Å². The van der Waals surface area contributed by atoms with Crippen LogP contribution >= 0.6 is 11.3 Å². The molecule has 0 unspecified atom stereocenters. The molecule has 0 fully saturated rings. The fourth-order valence-corrected chi connectivity index (χ4v) is 2.41. The van der Waals surface area contributed by atoms with Gasteiger partial charge in [-0.15, -0.1) is 11.3 Å². The highest BCUT2D eigenvalue weighted by atomic mass is 32.1. The number of nitrogens with zero attached hydrogens (tertiary/aromatic N) is 1. The second-order valence-electron chi connectivity index (χ2n) is 3.60. The fourth-order valence-electron chi connectivity index (χ4n) is 1.51. The van der Waals surface area contributed by atoms with Crippen LogP contribution in [0.25, 0.3) is 16.2 Å². The minimum absolute atomic E-state index is 0.0358. The molecule has 5 heteroatoms. The van der Waals surface area contributed by atoms with E-state index in [0.717, 1.165) is 15.6 Å². The van der Waals surface area contributed by atoms with Crippen LogP contribution in [0.5, 0.6) is 0 Å². The first-order chi connectivity index (χ1) is 8.18. The van der Waals surface area contributed by atoms with Gasteiger partial charge in [0.25, 0.3) is 0 Å². The molecule has 0 aliphatic rings. The highest BCUT2D eigenvalue weighted by Crippen LogP contribution is 2.28. The first-order valence-electron chi connectivity index (χ1n) is 5.21. The molecule has 1 amide bonds. The molecule has 0 bridgehead atoms. The summed E-state index contributed by atoms with van der Waals surface area (Å²) in [6, 6.07) is 1.97. The van der Waals surface area contributed by atoms with Crippen molar-refractivity contribution in [1.82, 2.24) is 10.3 Å². The predicted octanol–water partition coefficient (Wildman–Crippen LogP) is 2.03. The van der Waals surface area contributed by atoms with E-state index in [1.165, 1.54) is 6.92 Å². The van der Waals surface area contributed by atoms with Crippen LogP contribution in [0.3, 0.4) is 0 Å². The normalized spacial score (nSPS) is 11.1. The first-order valence-corrected chi connectivity index (χ1v) is 6.09. The number of amides is 1. The van der Waals surface area contributed by atoms with Crippen LogP contribution in [0.15, 0.2) is 23.7 Å². The van der Waals surface area contributed by atoms with E-state index < -0.39 is 0 Å². The highest BCUT2D eigenvalue weighted by molar-refractivity contribution is 7.17. The molecule has 17 heavy (non-hydrogen) atoms. The van der Waals surface area contributed by atoms with E-state index in [-0.39, 0.29) is 5.91 Å². The monoisotopic (exact) mass is 247 g/mol. The summed E-state index contributed by atoms with van der Waals surface area (Å²) in [5, 5.41) is 5.68. The Labute approximate surface area is 103 Å². The van der Waals surface area contributed by atoms with Gasteiger partial charge < -0.3 is 11.1 Å². The molecule has 0 saturated carbocycles. The van der Waals surface area contributed by atoms with E-state index >= 15 is 0 Å². The van der Waals surface area contributed by atoms with Crippen LogP contribution in [-0.2, 0) is 4.79 Å². The van der Waals surface area contributed by atoms with E-state index in [9.17, 15) is 4.79 Å². The lowest BCUT2D eigenvalue weighted by Gasteiger charge is -1.99. The Morgan fingerprint density at radius 2 is 2.47 bits per heavy atom. The number of anilines is 1. The smallest absolute Gasteiger partial charge is 0.217 e. The number of fused-ring (bicyclic) bond motifs is 1. The minimum Gasteiger partial charge on any atom is -0.383 e. The minimum atomic E-state index is -0.0358. The topological polar surface area (TPSA) is 68.0 Å². The second-order valence-corrected chi connectivity index (χ2v) is 4.52. The molecule has 4 nitrogen and oxygen atoms in total. The average molecular weight is 247 g/mol. The lowest BCUT2D eigenvalue weighted by molar-refractivity contribution is -0.118. The number of hydrogen-bond acceptors (Lipinski definition) is 4. The van der Waals surface area contributed by atoms with Crippen molar-refractivity contribution in [2.75, 3.05) is 12.3 Å². The summed E-state index contributed by atoms with van der Waals surface area (Å²) in [6.45, 7) is 2.02. The summed E-state index contributed by atoms with van der Waals surface area (Å²) in [5.41, 5.74) is 6.80. The third-order valence-corrected chi connectivity index (χ3v) is 3.28. The second kappa shape index (κ2) is 4.97. The van der Waals surface area contributed by atoms with Gasteiger partial charge in [0, 0.05) is 35.3 Å². The Morgan fingerprint density at radius 1 is 1.65 bits per heavy atom. The molecule has 0 saturated heterocycles. The zero-order valence-electron chi connectivity index (χ0n) is 9.43. The van der Waals surface area contributed by atoms with Crippen molar-refractivity contribution in [3.63, 3.8) is 0 Å². The van der Waals surface area contributed by atoms with Gasteiger partial charge in [-0.05, 0) is 11.4 Å². The van der Waals surface area contributed by atoms with Crippen molar-refractivity contribution in [2.45, 2.75) is 6.92 Å². The van der Waals surface area contributed by atoms with E-state index in [4.69, 9.17) is 5.73 Å². The molecule has 0 aromatic carbocycles. The number of carbonyl (C=O) groups excluding carboxylic acids is 1. The number of nitrogen functional groups attached to an aromatic ring is 1. The molecule has 0 aliphatic heterocycles. The van der Waals surface area contributed by atoms with Crippen molar-refractivity contribution in [2.24, 2.45) is 0 Å². The third kappa shape index (κ3) is 2.62. The average Bonchev–Trinajstić information content (AvgIpc) is 2.76. The maximum Gasteiger partial charge on any atom is 0.217 e. The molecule has 88 valence electrons. The highest BCUT2D eigenvalue weighted by Gasteiger charge is 2.03. The van der Waals surface area contributed by atoms with Gasteiger partial charge in [0.05, 0.1) is 0 Å². The molecule has 0 aliphatic carbocycles. The van der Waals surface area contributed by atoms with E-state index in [1.807, 2.05) is 23.6 Å². The van der Waals surface area contributed by atoms with Crippen molar-refractivity contribution in [3.05, 3.63) is 29.3 Å². The van der Waals surface area contributed by atoms with Gasteiger partial charge in [0.2, 0.25) is 5.91 Å². The number of nitrogens with two attached hydrogens (primary N) is 1. The van der Waals surface area contributed by atoms with Gasteiger partial charge in [-0.1, -0.05) is 12.2 Å². The molecular weight excluding hydrogens is 234 g/mol. The Morgan fingerprint density at radius 3 is 3.24 bits per heavy atom. The van der Waals surface area contributed by atoms with Crippen LogP contribution in [0.2, 0.25) is 0 Å². The molecule has 0 radical (unpaired) electrons. The number of pyridine rings is 1. The lowest BCUT2D eigenvalue weighted by Crippen LogP contribution is -2.19. The Hall–Kier alpha value is -1.88. The van der Waals surface area contributed by atoms with E-state index in [0.29, 0.717) is 12.4 Å². The summed E-state index contributed by atoms with van der Waals surface area (Å²) in [5.74, 6) is 0.520. The maximum absolute atomic E-state index is 10.7. The molecule has 2 aromatic heterocycles. The van der Waals surface area contributed by atoms with Gasteiger partial charge >= 0.3 is 0 Å². The van der Waals surface area contributed by atoms with Crippen LogP contribution in [-0.4, -0.2) is 17.4 Å². The van der Waals surface area contributed by atoms with Gasteiger partial charge in [-0.25, -0.2) is 4.98 Å². The Balaban J connectivity index is 2.21. The Bertz CT molecular complexity index is 574. The van der Waals surface area contributed by atoms with Gasteiger partial charge in [0.15, 0.2) is 0 Å². The van der Waals surface area contributed by atoms with Gasteiger partial charge in [-0.3, -0.25) is 4.79 Å². The summed E-state index contributed by atoms with van der Waals surface area (Å²) >= 11 is 1.63. The summed E-state index contributed by atoms with van der Waals surface area (Å²) < 4.78 is 1.12. The van der Waals surface area contributed by atoms with Crippen LogP contribution in [0, 0.1) is 0 Å². The molecule has 0 atom stereocenters. The number of thiophene rings is 1. The fraction of sp³-hybridized carbons (Fsp3) is 0.167. The zero-order chi connectivity index (χ0) is 12.3. The van der Waals surface area contributed by atoms with E-state index in [2.05, 4.69) is 10.3 Å². The molecule has 0 spiro atoms. The number of hydrogen-bond donors (Lipinski definition) is 2. The molecule has 2 rings (SSSR count). The van der Waals surface area contributed by atoms with Crippen LogP contribution in [0.4, 0.5) is 5.82 Å². The Kier molecular flexibility index (Phi) is 3.39. The predicted molar refractivity (Wildman–Crippen MR) is 71.8 cm³/mol. The molecular formula is C12H13N3OS. The number of nitrogens with one attached hydrogen (secondary N) is 1. The number of carbonyl (C=O) groups is 1. The van der Waals surface area contributed by atoms with Crippen molar-refractivity contribution in [1.29, 1.82) is 0 Å². The van der Waals surface area contributed by atoms with Gasteiger partial charge in [-0.2, -0.15) is 0 Å². The molecule has 2 heterocycles.